The number of hydrogen-bond donors (Lipinski definition) is 7. The summed E-state index contributed by atoms with van der Waals surface area (Å²) < 4.78 is 0. The van der Waals surface area contributed by atoms with Crippen LogP contribution in [0, 0.1) is 5.41 Å². The van der Waals surface area contributed by atoms with E-state index in [9.17, 15) is 28.8 Å². The maximum absolute atomic E-state index is 13.3. The molecule has 4 rings (SSSR count). The number of anilines is 2. The monoisotopic (exact) mass is 615 g/mol. The molecule has 7 amide bonds. The lowest BCUT2D eigenvalue weighted by Gasteiger charge is -2.32. The standard InChI is InChI=1S/C29H41N7O6S/c1-27(2)22(38)35-28(3,4)24(40)31-16-11-10-15(13-17(16)32-25(41)29(5,6)36-23(27)39)21(37)30-12-8-7-9-19-20-18(14-43-19)33-26(42)34-20/h10-11,13,18-20H,7-9,12,14H2,1-6H3,(H,30,37)(H,31,40)(H,32,41)(H,35,38)(H,36,39)(H2,33,34,42)/t18-,19-,20-/m0/s1. The Balaban J connectivity index is 1.45. The highest BCUT2D eigenvalue weighted by molar-refractivity contribution is 8.00. The zero-order valence-electron chi connectivity index (χ0n) is 25.4. The van der Waals surface area contributed by atoms with Gasteiger partial charge in [0.15, 0.2) is 0 Å². The van der Waals surface area contributed by atoms with Gasteiger partial charge in [0.25, 0.3) is 5.91 Å². The lowest BCUT2D eigenvalue weighted by Crippen LogP contribution is -2.61. The second-order valence-electron chi connectivity index (χ2n) is 12.8. The highest BCUT2D eigenvalue weighted by atomic mass is 32.2. The van der Waals surface area contributed by atoms with E-state index in [1.165, 1.54) is 59.7 Å². The highest BCUT2D eigenvalue weighted by Crippen LogP contribution is 2.33. The van der Waals surface area contributed by atoms with E-state index >= 15 is 0 Å². The largest absolute Gasteiger partial charge is 0.352 e. The van der Waals surface area contributed by atoms with Gasteiger partial charge in [0, 0.05) is 23.1 Å². The first-order chi connectivity index (χ1) is 20.0. The van der Waals surface area contributed by atoms with Crippen LogP contribution in [-0.2, 0) is 19.2 Å². The summed E-state index contributed by atoms with van der Waals surface area (Å²) in [4.78, 5) is 77.1. The predicted octanol–water partition coefficient (Wildman–Crippen LogP) is 1.46. The van der Waals surface area contributed by atoms with Crippen LogP contribution in [0.2, 0.25) is 0 Å². The molecule has 1 aromatic rings. The molecule has 0 aromatic heterocycles. The van der Waals surface area contributed by atoms with Crippen LogP contribution < -0.4 is 37.2 Å². The third kappa shape index (κ3) is 7.06. The quantitative estimate of drug-likeness (QED) is 0.143. The van der Waals surface area contributed by atoms with Crippen molar-refractivity contribution in [2.75, 3.05) is 22.9 Å². The Morgan fingerprint density at radius 2 is 1.44 bits per heavy atom. The topological polar surface area (TPSA) is 187 Å². The molecular formula is C29H41N7O6S. The van der Waals surface area contributed by atoms with Gasteiger partial charge in [-0.2, -0.15) is 11.8 Å². The number of carbonyl (C=O) groups excluding carboxylic acids is 6. The molecule has 3 aliphatic rings. The van der Waals surface area contributed by atoms with E-state index in [1.54, 1.807) is 0 Å². The molecule has 1 aromatic carbocycles. The number of carbonyl (C=O) groups is 6. The van der Waals surface area contributed by atoms with Gasteiger partial charge >= 0.3 is 6.03 Å². The van der Waals surface area contributed by atoms with Gasteiger partial charge in [0.05, 0.1) is 23.5 Å². The molecule has 0 spiro atoms. The second kappa shape index (κ2) is 12.1. The normalized spacial score (nSPS) is 26.0. The summed E-state index contributed by atoms with van der Waals surface area (Å²) in [5, 5.41) is 19.9. The maximum atomic E-state index is 13.3. The molecule has 0 unspecified atom stereocenters. The van der Waals surface area contributed by atoms with Gasteiger partial charge in [-0.05, 0) is 72.6 Å². The van der Waals surface area contributed by atoms with Crippen molar-refractivity contribution in [3.63, 3.8) is 0 Å². The first-order valence-electron chi connectivity index (χ1n) is 14.4. The van der Waals surface area contributed by atoms with Gasteiger partial charge < -0.3 is 37.2 Å². The summed E-state index contributed by atoms with van der Waals surface area (Å²) in [5.41, 5.74) is -3.78. The maximum Gasteiger partial charge on any atom is 0.315 e. The summed E-state index contributed by atoms with van der Waals surface area (Å²) in [7, 11) is 0. The van der Waals surface area contributed by atoms with Crippen LogP contribution in [0.15, 0.2) is 18.2 Å². The lowest BCUT2D eigenvalue weighted by atomic mass is 9.88. The van der Waals surface area contributed by atoms with Gasteiger partial charge in [-0.3, -0.25) is 24.0 Å². The summed E-state index contributed by atoms with van der Waals surface area (Å²) in [5.74, 6) is -2.01. The van der Waals surface area contributed by atoms with E-state index in [0.717, 1.165) is 25.0 Å². The number of nitrogens with one attached hydrogen (secondary N) is 7. The Bertz CT molecular complexity index is 1340. The van der Waals surface area contributed by atoms with Crippen molar-refractivity contribution in [1.29, 1.82) is 0 Å². The van der Waals surface area contributed by atoms with E-state index in [1.807, 2.05) is 11.8 Å². The minimum Gasteiger partial charge on any atom is -0.352 e. The first-order valence-corrected chi connectivity index (χ1v) is 15.4. The van der Waals surface area contributed by atoms with Crippen LogP contribution in [0.5, 0.6) is 0 Å². The van der Waals surface area contributed by atoms with Gasteiger partial charge in [-0.1, -0.05) is 6.42 Å². The molecule has 0 radical (unpaired) electrons. The zero-order chi connectivity index (χ0) is 31.7. The molecule has 13 nitrogen and oxygen atoms in total. The smallest absolute Gasteiger partial charge is 0.315 e. The molecular weight excluding hydrogens is 574 g/mol. The van der Waals surface area contributed by atoms with Crippen LogP contribution in [0.25, 0.3) is 0 Å². The van der Waals surface area contributed by atoms with Crippen LogP contribution >= 0.6 is 11.8 Å². The number of urea groups is 1. The Labute approximate surface area is 255 Å². The van der Waals surface area contributed by atoms with Gasteiger partial charge in [-0.15, -0.1) is 0 Å². The van der Waals surface area contributed by atoms with Crippen LogP contribution in [0.4, 0.5) is 16.2 Å². The molecule has 43 heavy (non-hydrogen) atoms. The van der Waals surface area contributed by atoms with Gasteiger partial charge in [0.2, 0.25) is 23.6 Å². The van der Waals surface area contributed by atoms with E-state index in [2.05, 4.69) is 37.2 Å². The Morgan fingerprint density at radius 3 is 2.07 bits per heavy atom. The van der Waals surface area contributed by atoms with Crippen molar-refractivity contribution in [3.05, 3.63) is 23.8 Å². The Kier molecular flexibility index (Phi) is 9.00. The summed E-state index contributed by atoms with van der Waals surface area (Å²) in [6.07, 6.45) is 2.56. The van der Waals surface area contributed by atoms with Crippen LogP contribution in [0.3, 0.4) is 0 Å². The van der Waals surface area contributed by atoms with Crippen LogP contribution in [0.1, 0.15) is 71.2 Å². The third-order valence-electron chi connectivity index (χ3n) is 8.04. The molecule has 2 saturated heterocycles. The van der Waals surface area contributed by atoms with Crippen LogP contribution in [-0.4, -0.2) is 76.3 Å². The van der Waals surface area contributed by atoms with Crippen molar-refractivity contribution in [2.45, 2.75) is 89.2 Å². The molecule has 0 aliphatic carbocycles. The molecule has 14 heteroatoms. The highest BCUT2D eigenvalue weighted by Gasteiger charge is 2.44. The number of amides is 7. The van der Waals surface area contributed by atoms with Crippen molar-refractivity contribution < 1.29 is 28.8 Å². The van der Waals surface area contributed by atoms with E-state index in [0.29, 0.717) is 11.8 Å². The average molecular weight is 616 g/mol. The summed E-state index contributed by atoms with van der Waals surface area (Å²) >= 11 is 1.85. The summed E-state index contributed by atoms with van der Waals surface area (Å²) in [6, 6.07) is 4.71. The number of hydrogen-bond acceptors (Lipinski definition) is 7. The minimum absolute atomic E-state index is 0.111. The number of fused-ring (bicyclic) bond motifs is 2. The molecule has 0 saturated carbocycles. The molecule has 3 heterocycles. The second-order valence-corrected chi connectivity index (χ2v) is 14.1. The molecule has 7 N–H and O–H groups in total. The van der Waals surface area contributed by atoms with Crippen molar-refractivity contribution in [2.24, 2.45) is 5.41 Å². The van der Waals surface area contributed by atoms with Crippen molar-refractivity contribution in [1.82, 2.24) is 26.6 Å². The molecule has 2 fully saturated rings. The number of thioether (sulfide) groups is 1. The van der Waals surface area contributed by atoms with E-state index in [-0.39, 0.29) is 41.0 Å². The molecule has 234 valence electrons. The molecule has 3 atom stereocenters. The Hall–Kier alpha value is -3.81. The zero-order valence-corrected chi connectivity index (χ0v) is 26.2. The van der Waals surface area contributed by atoms with E-state index < -0.39 is 40.1 Å². The average Bonchev–Trinajstić information content (AvgIpc) is 3.47. The number of rotatable bonds is 6. The minimum atomic E-state index is -1.58. The lowest BCUT2D eigenvalue weighted by molar-refractivity contribution is -0.145. The summed E-state index contributed by atoms with van der Waals surface area (Å²) in [6.45, 7) is 9.26. The number of unbranched alkanes of at least 4 members (excludes halogenated alkanes) is 1. The van der Waals surface area contributed by atoms with Crippen molar-refractivity contribution >= 4 is 58.7 Å². The van der Waals surface area contributed by atoms with E-state index in [4.69, 9.17) is 0 Å². The fraction of sp³-hybridized carbons (Fsp3) is 0.586. The first kappa shape index (κ1) is 32.1. The molecule has 3 aliphatic heterocycles. The number of benzene rings is 1. The third-order valence-corrected chi connectivity index (χ3v) is 9.55. The Morgan fingerprint density at radius 1 is 0.837 bits per heavy atom. The fourth-order valence-electron chi connectivity index (χ4n) is 4.97. The predicted molar refractivity (Wildman–Crippen MR) is 164 cm³/mol. The van der Waals surface area contributed by atoms with Gasteiger partial charge in [0.1, 0.15) is 16.5 Å². The fourth-order valence-corrected chi connectivity index (χ4v) is 6.51. The van der Waals surface area contributed by atoms with Gasteiger partial charge in [-0.25, -0.2) is 4.79 Å². The SMILES string of the molecule is CC1(C)NC(=O)C(C)(C)C(=O)NC(C)(C)C(=O)Nc2cc(C(=O)NCCCC[C@@H]3SC[C@@H]4NC(=O)N[C@@H]43)ccc2NC1=O. The molecule has 0 bridgehead atoms. The van der Waals surface area contributed by atoms with Crippen molar-refractivity contribution in [3.8, 4) is 0 Å².